The van der Waals surface area contributed by atoms with Gasteiger partial charge in [0.25, 0.3) is 5.91 Å². The highest BCUT2D eigenvalue weighted by atomic mass is 35.5. The summed E-state index contributed by atoms with van der Waals surface area (Å²) in [6.45, 7) is 1.86. The molecule has 112 valence electrons. The number of rotatable bonds is 1. The maximum Gasteiger partial charge on any atom is 0.260 e. The smallest absolute Gasteiger partial charge is 0.260 e. The molecule has 1 aliphatic heterocycles. The fraction of sp³-hybridized carbons (Fsp3) is 0.176. The number of amides is 2. The van der Waals surface area contributed by atoms with Gasteiger partial charge in [-0.25, -0.2) is 0 Å². The van der Waals surface area contributed by atoms with E-state index in [1.807, 2.05) is 25.1 Å². The zero-order valence-corrected chi connectivity index (χ0v) is 12.8. The molecule has 4 nitrogen and oxygen atoms in total. The van der Waals surface area contributed by atoms with E-state index in [9.17, 15) is 9.59 Å². The van der Waals surface area contributed by atoms with Crippen LogP contribution in [0.15, 0.2) is 48.5 Å². The van der Waals surface area contributed by atoms with Crippen LogP contribution in [0.25, 0.3) is 0 Å². The number of carbonyl (C=O) groups excluding carboxylic acids is 2. The van der Waals surface area contributed by atoms with Gasteiger partial charge in [0, 0.05) is 12.5 Å². The first-order valence-electron chi connectivity index (χ1n) is 7.05. The van der Waals surface area contributed by atoms with Gasteiger partial charge in [0.15, 0.2) is 0 Å². The highest BCUT2D eigenvalue weighted by molar-refractivity contribution is 6.34. The van der Waals surface area contributed by atoms with Crippen molar-refractivity contribution in [3.8, 4) is 0 Å². The van der Waals surface area contributed by atoms with Gasteiger partial charge in [-0.3, -0.25) is 9.59 Å². The van der Waals surface area contributed by atoms with Crippen molar-refractivity contribution in [3.63, 3.8) is 0 Å². The molecule has 1 atom stereocenters. The minimum absolute atomic E-state index is 0.102. The molecule has 1 N–H and O–H groups in total. The Morgan fingerprint density at radius 2 is 1.86 bits per heavy atom. The summed E-state index contributed by atoms with van der Waals surface area (Å²) in [6, 6.07) is 14.0. The third kappa shape index (κ3) is 2.57. The molecule has 22 heavy (non-hydrogen) atoms. The van der Waals surface area contributed by atoms with E-state index in [2.05, 4.69) is 5.32 Å². The van der Waals surface area contributed by atoms with Crippen LogP contribution in [-0.4, -0.2) is 17.9 Å². The van der Waals surface area contributed by atoms with E-state index >= 15 is 0 Å². The standard InChI is InChI=1S/C17H15ClN2O2/c1-11-10-16(21)19-14-8-4-5-9-15(14)20(11)17(22)12-6-2-3-7-13(12)18/h2-9,11H,10H2,1H3,(H,19,21)/t11-/m0/s1. The number of anilines is 2. The van der Waals surface area contributed by atoms with E-state index in [0.717, 1.165) is 0 Å². The molecule has 0 saturated heterocycles. The highest BCUT2D eigenvalue weighted by Gasteiger charge is 2.30. The summed E-state index contributed by atoms with van der Waals surface area (Å²) in [5, 5.41) is 3.24. The number of nitrogens with one attached hydrogen (secondary N) is 1. The second kappa shape index (κ2) is 5.81. The molecule has 1 aliphatic rings. The summed E-state index contributed by atoms with van der Waals surface area (Å²) < 4.78 is 0. The number of para-hydroxylation sites is 2. The fourth-order valence-corrected chi connectivity index (χ4v) is 2.88. The lowest BCUT2D eigenvalue weighted by Crippen LogP contribution is -2.39. The third-order valence-electron chi connectivity index (χ3n) is 3.68. The van der Waals surface area contributed by atoms with E-state index in [1.165, 1.54) is 0 Å². The van der Waals surface area contributed by atoms with E-state index in [1.54, 1.807) is 35.2 Å². The van der Waals surface area contributed by atoms with Crippen LogP contribution in [0.1, 0.15) is 23.7 Å². The Morgan fingerprint density at radius 1 is 1.18 bits per heavy atom. The van der Waals surface area contributed by atoms with E-state index in [-0.39, 0.29) is 24.3 Å². The van der Waals surface area contributed by atoms with Crippen LogP contribution in [0.3, 0.4) is 0 Å². The summed E-state index contributed by atoms with van der Waals surface area (Å²) in [6.07, 6.45) is 0.241. The quantitative estimate of drug-likeness (QED) is 0.872. The molecule has 0 fully saturated rings. The summed E-state index contributed by atoms with van der Waals surface area (Å²) in [4.78, 5) is 26.5. The molecule has 2 aromatic carbocycles. The molecule has 2 aromatic rings. The normalized spacial score (nSPS) is 17.5. The van der Waals surface area contributed by atoms with Gasteiger partial charge in [0.05, 0.1) is 22.0 Å². The Balaban J connectivity index is 2.10. The van der Waals surface area contributed by atoms with Gasteiger partial charge in [-0.05, 0) is 31.2 Å². The van der Waals surface area contributed by atoms with Crippen LogP contribution in [-0.2, 0) is 4.79 Å². The maximum absolute atomic E-state index is 13.0. The van der Waals surface area contributed by atoms with Crippen molar-refractivity contribution in [2.45, 2.75) is 19.4 Å². The summed E-state index contributed by atoms with van der Waals surface area (Å²) in [5.74, 6) is -0.309. The van der Waals surface area contributed by atoms with Gasteiger partial charge >= 0.3 is 0 Å². The Hall–Kier alpha value is -2.33. The molecule has 1 heterocycles. The molecule has 0 unspecified atom stereocenters. The van der Waals surface area contributed by atoms with Crippen LogP contribution >= 0.6 is 11.6 Å². The van der Waals surface area contributed by atoms with Crippen LogP contribution in [0.2, 0.25) is 5.02 Å². The Morgan fingerprint density at radius 3 is 2.64 bits per heavy atom. The Bertz CT molecular complexity index is 745. The molecule has 0 radical (unpaired) electrons. The second-order valence-corrected chi connectivity index (χ2v) is 5.68. The Kier molecular flexibility index (Phi) is 3.86. The van der Waals surface area contributed by atoms with Crippen molar-refractivity contribution < 1.29 is 9.59 Å². The molecular formula is C17H15ClN2O2. The van der Waals surface area contributed by atoms with Gasteiger partial charge in [0.1, 0.15) is 0 Å². The maximum atomic E-state index is 13.0. The van der Waals surface area contributed by atoms with Gasteiger partial charge in [-0.1, -0.05) is 35.9 Å². The topological polar surface area (TPSA) is 49.4 Å². The van der Waals surface area contributed by atoms with Crippen LogP contribution in [0.5, 0.6) is 0 Å². The van der Waals surface area contributed by atoms with E-state index in [4.69, 9.17) is 11.6 Å². The number of fused-ring (bicyclic) bond motifs is 1. The number of halogens is 1. The monoisotopic (exact) mass is 314 g/mol. The molecule has 0 aliphatic carbocycles. The van der Waals surface area contributed by atoms with E-state index < -0.39 is 0 Å². The minimum Gasteiger partial charge on any atom is -0.324 e. The molecular weight excluding hydrogens is 300 g/mol. The van der Waals surface area contributed by atoms with Crippen molar-refractivity contribution in [2.24, 2.45) is 0 Å². The summed E-state index contributed by atoms with van der Waals surface area (Å²) >= 11 is 6.15. The van der Waals surface area contributed by atoms with E-state index in [0.29, 0.717) is 22.0 Å². The Labute approximate surface area is 133 Å². The highest BCUT2D eigenvalue weighted by Crippen LogP contribution is 2.33. The zero-order valence-electron chi connectivity index (χ0n) is 12.0. The molecule has 3 rings (SSSR count). The van der Waals surface area contributed by atoms with Gasteiger partial charge in [0.2, 0.25) is 5.91 Å². The summed E-state index contributed by atoms with van der Waals surface area (Å²) in [5.41, 5.74) is 1.75. The van der Waals surface area contributed by atoms with Crippen LogP contribution in [0.4, 0.5) is 11.4 Å². The molecule has 0 bridgehead atoms. The third-order valence-corrected chi connectivity index (χ3v) is 4.01. The molecule has 0 spiro atoms. The molecule has 0 aromatic heterocycles. The predicted octanol–water partition coefficient (Wildman–Crippen LogP) is 3.72. The van der Waals surface area contributed by atoms with Crippen molar-refractivity contribution in [1.29, 1.82) is 0 Å². The first-order chi connectivity index (χ1) is 10.6. The van der Waals surface area contributed by atoms with Crippen LogP contribution in [0, 0.1) is 0 Å². The van der Waals surface area contributed by atoms with Gasteiger partial charge < -0.3 is 10.2 Å². The van der Waals surface area contributed by atoms with Crippen LogP contribution < -0.4 is 10.2 Å². The molecule has 5 heteroatoms. The van der Waals surface area contributed by atoms with Crippen molar-refractivity contribution in [1.82, 2.24) is 0 Å². The minimum atomic E-state index is -0.257. The first kappa shape index (κ1) is 14.6. The second-order valence-electron chi connectivity index (χ2n) is 5.27. The zero-order chi connectivity index (χ0) is 15.7. The lowest BCUT2D eigenvalue weighted by atomic mass is 10.1. The SMILES string of the molecule is C[C@H]1CC(=O)Nc2ccccc2N1C(=O)c1ccccc1Cl. The first-order valence-corrected chi connectivity index (χ1v) is 7.42. The van der Waals surface area contributed by atoms with Gasteiger partial charge in [-0.15, -0.1) is 0 Å². The number of benzene rings is 2. The van der Waals surface area contributed by atoms with Crippen molar-refractivity contribution in [2.75, 3.05) is 10.2 Å². The van der Waals surface area contributed by atoms with Crippen molar-refractivity contribution >= 4 is 34.8 Å². The predicted molar refractivity (Wildman–Crippen MR) is 87.4 cm³/mol. The fourth-order valence-electron chi connectivity index (χ4n) is 2.66. The average Bonchev–Trinajstić information content (AvgIpc) is 2.61. The lowest BCUT2D eigenvalue weighted by Gasteiger charge is -2.28. The number of nitrogens with zero attached hydrogens (tertiary/aromatic N) is 1. The average molecular weight is 315 g/mol. The molecule has 2 amide bonds. The number of hydrogen-bond donors (Lipinski definition) is 1. The summed E-state index contributed by atoms with van der Waals surface area (Å²) in [7, 11) is 0. The largest absolute Gasteiger partial charge is 0.324 e. The molecule has 0 saturated carbocycles. The number of hydrogen-bond acceptors (Lipinski definition) is 2. The lowest BCUT2D eigenvalue weighted by molar-refractivity contribution is -0.116. The van der Waals surface area contributed by atoms with Gasteiger partial charge in [-0.2, -0.15) is 0 Å². The van der Waals surface area contributed by atoms with Crippen molar-refractivity contribution in [3.05, 3.63) is 59.1 Å². The number of carbonyl (C=O) groups is 2.